The van der Waals surface area contributed by atoms with E-state index in [9.17, 15) is 9.59 Å². The van der Waals surface area contributed by atoms with Gasteiger partial charge in [-0.05, 0) is 38.8 Å². The lowest BCUT2D eigenvalue weighted by Gasteiger charge is -2.42. The van der Waals surface area contributed by atoms with Gasteiger partial charge in [-0.15, -0.1) is 12.4 Å². The SMILES string of the molecule is CNC(=O)C1CCCN(C(=O)C2(COC)CCNCC2)C1.Cl. The molecule has 2 fully saturated rings. The number of nitrogens with zero attached hydrogens (tertiary/aromatic N) is 1. The molecule has 1 unspecified atom stereocenters. The number of rotatable bonds is 4. The second-order valence-corrected chi connectivity index (χ2v) is 6.17. The second kappa shape index (κ2) is 8.70. The quantitative estimate of drug-likeness (QED) is 0.781. The van der Waals surface area contributed by atoms with E-state index in [0.717, 1.165) is 45.3 Å². The van der Waals surface area contributed by atoms with Crippen molar-refractivity contribution in [3.63, 3.8) is 0 Å². The van der Waals surface area contributed by atoms with Crippen molar-refractivity contribution in [3.05, 3.63) is 0 Å². The van der Waals surface area contributed by atoms with Crippen molar-refractivity contribution >= 4 is 24.2 Å². The summed E-state index contributed by atoms with van der Waals surface area (Å²) in [5.41, 5.74) is -0.412. The summed E-state index contributed by atoms with van der Waals surface area (Å²) < 4.78 is 5.34. The summed E-state index contributed by atoms with van der Waals surface area (Å²) in [4.78, 5) is 26.7. The Hall–Kier alpha value is -0.850. The minimum atomic E-state index is -0.412. The summed E-state index contributed by atoms with van der Waals surface area (Å²) in [6.45, 7) is 3.46. The van der Waals surface area contributed by atoms with Crippen LogP contribution in [0.5, 0.6) is 0 Å². The van der Waals surface area contributed by atoms with Crippen molar-refractivity contribution in [1.82, 2.24) is 15.5 Å². The Morgan fingerprint density at radius 3 is 2.64 bits per heavy atom. The zero-order valence-corrected chi connectivity index (χ0v) is 14.3. The summed E-state index contributed by atoms with van der Waals surface area (Å²) in [6.07, 6.45) is 3.37. The number of amides is 2. The van der Waals surface area contributed by atoms with Gasteiger partial charge in [-0.2, -0.15) is 0 Å². The number of halogens is 1. The second-order valence-electron chi connectivity index (χ2n) is 6.17. The number of carbonyl (C=O) groups excluding carboxylic acids is 2. The average Bonchev–Trinajstić information content (AvgIpc) is 2.54. The molecule has 6 nitrogen and oxygen atoms in total. The van der Waals surface area contributed by atoms with Gasteiger partial charge in [0.25, 0.3) is 0 Å². The van der Waals surface area contributed by atoms with Crippen LogP contribution in [0.2, 0.25) is 0 Å². The van der Waals surface area contributed by atoms with E-state index in [0.29, 0.717) is 13.2 Å². The van der Waals surface area contributed by atoms with Gasteiger partial charge in [0, 0.05) is 27.2 Å². The molecule has 0 aromatic heterocycles. The molecule has 2 amide bonds. The number of nitrogens with one attached hydrogen (secondary N) is 2. The number of likely N-dealkylation sites (tertiary alicyclic amines) is 1. The van der Waals surface area contributed by atoms with Crippen LogP contribution in [0.4, 0.5) is 0 Å². The third kappa shape index (κ3) is 4.12. The molecule has 22 heavy (non-hydrogen) atoms. The van der Waals surface area contributed by atoms with Crippen LogP contribution in [-0.2, 0) is 14.3 Å². The highest BCUT2D eigenvalue weighted by Crippen LogP contribution is 2.33. The number of methoxy groups -OCH3 is 1. The van der Waals surface area contributed by atoms with E-state index >= 15 is 0 Å². The lowest BCUT2D eigenvalue weighted by Crippen LogP contribution is -2.54. The summed E-state index contributed by atoms with van der Waals surface area (Å²) in [5.74, 6) is 0.132. The van der Waals surface area contributed by atoms with E-state index in [-0.39, 0.29) is 30.1 Å². The molecule has 1 atom stereocenters. The fourth-order valence-electron chi connectivity index (χ4n) is 3.52. The molecule has 128 valence electrons. The molecule has 2 heterocycles. The van der Waals surface area contributed by atoms with Crippen molar-refractivity contribution in [3.8, 4) is 0 Å². The van der Waals surface area contributed by atoms with Crippen molar-refractivity contribution in [2.45, 2.75) is 25.7 Å². The highest BCUT2D eigenvalue weighted by molar-refractivity contribution is 5.85. The van der Waals surface area contributed by atoms with Crippen molar-refractivity contribution in [1.29, 1.82) is 0 Å². The fourth-order valence-corrected chi connectivity index (χ4v) is 3.52. The molecule has 0 aromatic carbocycles. The summed E-state index contributed by atoms with van der Waals surface area (Å²) in [6, 6.07) is 0. The predicted octanol–water partition coefficient (Wildman–Crippen LogP) is 0.409. The topological polar surface area (TPSA) is 70.7 Å². The van der Waals surface area contributed by atoms with Crippen molar-refractivity contribution in [2.75, 3.05) is 46.9 Å². The summed E-state index contributed by atoms with van der Waals surface area (Å²) >= 11 is 0. The first-order chi connectivity index (χ1) is 10.1. The third-order valence-electron chi connectivity index (χ3n) is 4.76. The van der Waals surface area contributed by atoms with Crippen molar-refractivity contribution in [2.24, 2.45) is 11.3 Å². The first kappa shape index (κ1) is 19.2. The maximum Gasteiger partial charge on any atom is 0.231 e. The Balaban J connectivity index is 0.00000242. The van der Waals surface area contributed by atoms with Crippen LogP contribution in [0.15, 0.2) is 0 Å². The molecule has 7 heteroatoms. The lowest BCUT2D eigenvalue weighted by molar-refractivity contribution is -0.150. The largest absolute Gasteiger partial charge is 0.384 e. The van der Waals surface area contributed by atoms with Gasteiger partial charge < -0.3 is 20.3 Å². The molecule has 0 bridgehead atoms. The van der Waals surface area contributed by atoms with Gasteiger partial charge in [-0.1, -0.05) is 0 Å². The Morgan fingerprint density at radius 2 is 2.05 bits per heavy atom. The molecule has 0 aromatic rings. The molecule has 2 saturated heterocycles. The maximum atomic E-state index is 13.0. The number of hydrogen-bond acceptors (Lipinski definition) is 4. The van der Waals surface area contributed by atoms with E-state index < -0.39 is 5.41 Å². The summed E-state index contributed by atoms with van der Waals surface area (Å²) in [7, 11) is 3.31. The van der Waals surface area contributed by atoms with E-state index in [1.54, 1.807) is 14.2 Å². The summed E-state index contributed by atoms with van der Waals surface area (Å²) in [5, 5.41) is 6.00. The molecule has 2 N–H and O–H groups in total. The molecular formula is C15H28ClN3O3. The maximum absolute atomic E-state index is 13.0. The highest BCUT2D eigenvalue weighted by atomic mass is 35.5. The molecule has 0 spiro atoms. The molecular weight excluding hydrogens is 306 g/mol. The van der Waals surface area contributed by atoms with Gasteiger partial charge in [0.15, 0.2) is 0 Å². The number of carbonyl (C=O) groups is 2. The van der Waals surface area contributed by atoms with Gasteiger partial charge in [0.1, 0.15) is 0 Å². The molecule has 0 radical (unpaired) electrons. The number of hydrogen-bond donors (Lipinski definition) is 2. The Kier molecular flexibility index (Phi) is 7.59. The first-order valence-corrected chi connectivity index (χ1v) is 7.83. The first-order valence-electron chi connectivity index (χ1n) is 7.83. The Labute approximate surface area is 138 Å². The average molecular weight is 334 g/mol. The Morgan fingerprint density at radius 1 is 1.36 bits per heavy atom. The molecule has 0 aliphatic carbocycles. The predicted molar refractivity (Wildman–Crippen MR) is 87.0 cm³/mol. The number of piperidine rings is 2. The highest BCUT2D eigenvalue weighted by Gasteiger charge is 2.43. The molecule has 2 aliphatic rings. The standard InChI is InChI=1S/C15H27N3O3.ClH/c1-16-13(19)12-4-3-9-18(10-12)14(20)15(11-21-2)5-7-17-8-6-15;/h12,17H,3-11H2,1-2H3,(H,16,19);1H. The molecule has 2 aliphatic heterocycles. The Bertz CT molecular complexity index is 381. The van der Waals surface area contributed by atoms with Crippen LogP contribution in [-0.4, -0.2) is 63.7 Å². The van der Waals surface area contributed by atoms with E-state index in [1.807, 2.05) is 4.90 Å². The van der Waals surface area contributed by atoms with E-state index in [2.05, 4.69) is 10.6 Å². The smallest absolute Gasteiger partial charge is 0.231 e. The minimum Gasteiger partial charge on any atom is -0.384 e. The van der Waals surface area contributed by atoms with E-state index in [1.165, 1.54) is 0 Å². The van der Waals surface area contributed by atoms with Gasteiger partial charge in [-0.3, -0.25) is 9.59 Å². The minimum absolute atomic E-state index is 0. The molecule has 2 rings (SSSR count). The molecule has 0 saturated carbocycles. The van der Waals surface area contributed by atoms with Crippen LogP contribution in [0.25, 0.3) is 0 Å². The zero-order chi connectivity index (χ0) is 15.3. The monoisotopic (exact) mass is 333 g/mol. The van der Waals surface area contributed by atoms with Gasteiger partial charge >= 0.3 is 0 Å². The van der Waals surface area contributed by atoms with Crippen LogP contribution < -0.4 is 10.6 Å². The normalized spacial score (nSPS) is 24.3. The van der Waals surface area contributed by atoms with Crippen molar-refractivity contribution < 1.29 is 14.3 Å². The third-order valence-corrected chi connectivity index (χ3v) is 4.76. The fraction of sp³-hybridized carbons (Fsp3) is 0.867. The number of ether oxygens (including phenoxy) is 1. The van der Waals surface area contributed by atoms with Crippen LogP contribution in [0, 0.1) is 11.3 Å². The van der Waals surface area contributed by atoms with Gasteiger partial charge in [0.05, 0.1) is 17.9 Å². The van der Waals surface area contributed by atoms with Crippen LogP contribution in [0.1, 0.15) is 25.7 Å². The lowest BCUT2D eigenvalue weighted by atomic mass is 9.77. The van der Waals surface area contributed by atoms with Crippen LogP contribution in [0.3, 0.4) is 0 Å². The van der Waals surface area contributed by atoms with E-state index in [4.69, 9.17) is 4.74 Å². The zero-order valence-electron chi connectivity index (χ0n) is 13.5. The van der Waals surface area contributed by atoms with Gasteiger partial charge in [0.2, 0.25) is 11.8 Å². The van der Waals surface area contributed by atoms with Gasteiger partial charge in [-0.25, -0.2) is 0 Å². The van der Waals surface area contributed by atoms with Crippen LogP contribution >= 0.6 is 12.4 Å².